The number of carbonyl (C=O) groups excluding carboxylic acids is 1. The van der Waals surface area contributed by atoms with Crippen molar-refractivity contribution < 1.29 is 14.3 Å². The highest BCUT2D eigenvalue weighted by atomic mass is 16.5. The van der Waals surface area contributed by atoms with Crippen LogP contribution >= 0.6 is 0 Å². The second-order valence-corrected chi connectivity index (χ2v) is 5.93. The number of rotatable bonds is 5. The number of fused-ring (bicyclic) bond motifs is 1. The van der Waals surface area contributed by atoms with Crippen LogP contribution in [0.5, 0.6) is 5.88 Å². The van der Waals surface area contributed by atoms with Gasteiger partial charge in [0.2, 0.25) is 11.8 Å². The van der Waals surface area contributed by atoms with E-state index in [1.165, 1.54) is 0 Å². The quantitative estimate of drug-likeness (QED) is 0.650. The normalized spacial score (nSPS) is 10.8. The number of nitrogens with zero attached hydrogens (tertiary/aromatic N) is 5. The van der Waals surface area contributed by atoms with Crippen LogP contribution in [0.1, 0.15) is 23.1 Å². The molecule has 0 atom stereocenters. The first-order valence-corrected chi connectivity index (χ1v) is 8.22. The molecular weight excluding hydrogens is 334 g/mol. The topological polar surface area (TPSA) is 82.4 Å². The van der Waals surface area contributed by atoms with Crippen molar-refractivity contribution in [3.8, 4) is 11.6 Å². The predicted molar refractivity (Wildman–Crippen MR) is 98.2 cm³/mol. The molecule has 0 saturated carbocycles. The third kappa shape index (κ3) is 3.17. The van der Waals surface area contributed by atoms with Crippen molar-refractivity contribution >= 4 is 22.8 Å². The molecule has 0 spiro atoms. The molecule has 3 rings (SSSR count). The minimum absolute atomic E-state index is 0.277. The van der Waals surface area contributed by atoms with Crippen LogP contribution in [0.2, 0.25) is 0 Å². The zero-order valence-corrected chi connectivity index (χ0v) is 15.5. The fourth-order valence-corrected chi connectivity index (χ4v) is 2.61. The van der Waals surface area contributed by atoms with E-state index < -0.39 is 5.97 Å². The molecule has 8 heteroatoms. The molecule has 0 N–H and O–H groups in total. The van der Waals surface area contributed by atoms with Crippen molar-refractivity contribution in [3.63, 3.8) is 0 Å². The number of carbonyl (C=O) groups is 1. The highest BCUT2D eigenvalue weighted by Gasteiger charge is 2.16. The minimum Gasteiger partial charge on any atom is -0.480 e. The molecule has 0 aliphatic rings. The summed E-state index contributed by atoms with van der Waals surface area (Å²) in [5, 5.41) is 5.17. The van der Waals surface area contributed by atoms with Gasteiger partial charge in [-0.2, -0.15) is 10.1 Å². The van der Waals surface area contributed by atoms with Crippen LogP contribution in [0.4, 0.5) is 5.95 Å². The summed E-state index contributed by atoms with van der Waals surface area (Å²) in [6.45, 7) is 3.96. The maximum absolute atomic E-state index is 11.9. The Kier molecular flexibility index (Phi) is 4.75. The molecule has 26 heavy (non-hydrogen) atoms. The van der Waals surface area contributed by atoms with E-state index in [2.05, 4.69) is 15.1 Å². The zero-order chi connectivity index (χ0) is 18.8. The summed E-state index contributed by atoms with van der Waals surface area (Å²) in [5.41, 5.74) is 2.61. The number of esters is 1. The van der Waals surface area contributed by atoms with Crippen molar-refractivity contribution in [2.45, 2.75) is 13.8 Å². The Morgan fingerprint density at radius 3 is 2.65 bits per heavy atom. The van der Waals surface area contributed by atoms with Gasteiger partial charge in [0.15, 0.2) is 5.69 Å². The predicted octanol–water partition coefficient (Wildman–Crippen LogP) is 2.38. The molecule has 2 heterocycles. The van der Waals surface area contributed by atoms with Gasteiger partial charge in [0, 0.05) is 19.8 Å². The Labute approximate surface area is 151 Å². The largest absolute Gasteiger partial charge is 0.480 e. The van der Waals surface area contributed by atoms with Gasteiger partial charge < -0.3 is 14.4 Å². The van der Waals surface area contributed by atoms with E-state index in [1.54, 1.807) is 24.8 Å². The molecule has 8 nitrogen and oxygen atoms in total. The molecule has 2 aromatic heterocycles. The number of benzene rings is 1. The molecule has 0 radical (unpaired) electrons. The Bertz CT molecular complexity index is 965. The number of aromatic nitrogens is 4. The molecule has 0 saturated heterocycles. The smallest absolute Gasteiger partial charge is 0.358 e. The highest BCUT2D eigenvalue weighted by molar-refractivity contribution is 5.88. The van der Waals surface area contributed by atoms with Gasteiger partial charge in [-0.1, -0.05) is 0 Å². The van der Waals surface area contributed by atoms with E-state index >= 15 is 0 Å². The lowest BCUT2D eigenvalue weighted by molar-refractivity contribution is 0.0519. The first-order chi connectivity index (χ1) is 12.4. The van der Waals surface area contributed by atoms with Crippen LogP contribution in [-0.2, 0) is 4.74 Å². The molecule has 0 fully saturated rings. The summed E-state index contributed by atoms with van der Waals surface area (Å²) in [4.78, 5) is 22.7. The van der Waals surface area contributed by atoms with Gasteiger partial charge in [-0.3, -0.25) is 0 Å². The lowest BCUT2D eigenvalue weighted by Gasteiger charge is -2.13. The van der Waals surface area contributed by atoms with Gasteiger partial charge in [0.05, 0.1) is 30.3 Å². The van der Waals surface area contributed by atoms with Gasteiger partial charge >= 0.3 is 5.97 Å². The van der Waals surface area contributed by atoms with E-state index in [9.17, 15) is 4.79 Å². The molecule has 0 aliphatic heterocycles. The maximum atomic E-state index is 11.9. The fraction of sp³-hybridized carbons (Fsp3) is 0.333. The molecule has 136 valence electrons. The summed E-state index contributed by atoms with van der Waals surface area (Å²) in [5.74, 6) is 0.625. The van der Waals surface area contributed by atoms with Crippen molar-refractivity contribution in [2.75, 3.05) is 32.7 Å². The maximum Gasteiger partial charge on any atom is 0.358 e. The average molecular weight is 355 g/mol. The van der Waals surface area contributed by atoms with Crippen LogP contribution < -0.4 is 9.64 Å². The van der Waals surface area contributed by atoms with Crippen LogP contribution in [-0.4, -0.2) is 53.5 Å². The Hall–Kier alpha value is -3.16. The standard InChI is InChI=1S/C18H21N5O3/c1-6-26-17(24)15-9-11(2)23(21-15)12-7-8-13-14(10-12)19-18(22(3)4)20-16(13)25-5/h7-10H,6H2,1-5H3. The second kappa shape index (κ2) is 6.99. The monoisotopic (exact) mass is 355 g/mol. The minimum atomic E-state index is -0.436. The van der Waals surface area contributed by atoms with Crippen LogP contribution in [0, 0.1) is 6.92 Å². The van der Waals surface area contributed by atoms with Crippen LogP contribution in [0.25, 0.3) is 16.6 Å². The van der Waals surface area contributed by atoms with Gasteiger partial charge in [-0.05, 0) is 38.1 Å². The third-order valence-electron chi connectivity index (χ3n) is 3.84. The Morgan fingerprint density at radius 2 is 2.00 bits per heavy atom. The summed E-state index contributed by atoms with van der Waals surface area (Å²) < 4.78 is 12.1. The van der Waals surface area contributed by atoms with E-state index in [4.69, 9.17) is 9.47 Å². The van der Waals surface area contributed by atoms with E-state index in [-0.39, 0.29) is 5.69 Å². The van der Waals surface area contributed by atoms with E-state index in [0.29, 0.717) is 18.4 Å². The highest BCUT2D eigenvalue weighted by Crippen LogP contribution is 2.27. The number of hydrogen-bond acceptors (Lipinski definition) is 7. The Morgan fingerprint density at radius 1 is 1.23 bits per heavy atom. The number of aryl methyl sites for hydroxylation is 1. The van der Waals surface area contributed by atoms with Gasteiger partial charge in [-0.25, -0.2) is 14.5 Å². The van der Waals surface area contributed by atoms with Crippen molar-refractivity contribution in [3.05, 3.63) is 35.7 Å². The lowest BCUT2D eigenvalue weighted by atomic mass is 10.2. The fourth-order valence-electron chi connectivity index (χ4n) is 2.61. The molecule has 0 amide bonds. The number of anilines is 1. The van der Waals surface area contributed by atoms with Gasteiger partial charge in [0.1, 0.15) is 0 Å². The Balaban J connectivity index is 2.10. The van der Waals surface area contributed by atoms with Gasteiger partial charge in [-0.15, -0.1) is 0 Å². The summed E-state index contributed by atoms with van der Waals surface area (Å²) in [7, 11) is 5.32. The zero-order valence-electron chi connectivity index (χ0n) is 15.5. The third-order valence-corrected chi connectivity index (χ3v) is 3.84. The summed E-state index contributed by atoms with van der Waals surface area (Å²) in [6, 6.07) is 7.36. The molecule has 3 aromatic rings. The van der Waals surface area contributed by atoms with Crippen molar-refractivity contribution in [1.29, 1.82) is 0 Å². The number of ether oxygens (including phenoxy) is 2. The SMILES string of the molecule is CCOC(=O)c1cc(C)n(-c2ccc3c(OC)nc(N(C)C)nc3c2)n1. The molecule has 1 aromatic carbocycles. The van der Waals surface area contributed by atoms with Crippen molar-refractivity contribution in [2.24, 2.45) is 0 Å². The first kappa shape index (κ1) is 17.7. The van der Waals surface area contributed by atoms with Crippen LogP contribution in [0.15, 0.2) is 24.3 Å². The lowest BCUT2D eigenvalue weighted by Crippen LogP contribution is -2.13. The molecule has 0 unspecified atom stereocenters. The molecule has 0 bridgehead atoms. The first-order valence-electron chi connectivity index (χ1n) is 8.22. The molecule has 0 aliphatic carbocycles. The average Bonchev–Trinajstić information content (AvgIpc) is 3.02. The summed E-state index contributed by atoms with van der Waals surface area (Å²) in [6.07, 6.45) is 0. The van der Waals surface area contributed by atoms with E-state index in [0.717, 1.165) is 22.3 Å². The second-order valence-electron chi connectivity index (χ2n) is 5.93. The van der Waals surface area contributed by atoms with Crippen molar-refractivity contribution in [1.82, 2.24) is 19.7 Å². The van der Waals surface area contributed by atoms with E-state index in [1.807, 2.05) is 44.1 Å². The van der Waals surface area contributed by atoms with Gasteiger partial charge in [0.25, 0.3) is 0 Å². The number of hydrogen-bond donors (Lipinski definition) is 0. The number of methoxy groups -OCH3 is 1. The molecular formula is C18H21N5O3. The summed E-state index contributed by atoms with van der Waals surface area (Å²) >= 11 is 0. The van der Waals surface area contributed by atoms with Crippen LogP contribution in [0.3, 0.4) is 0 Å².